The number of piperidine rings is 1. The summed E-state index contributed by atoms with van der Waals surface area (Å²) in [4.78, 5) is 27.6. The minimum atomic E-state index is -0.131. The van der Waals surface area contributed by atoms with Crippen molar-refractivity contribution in [3.63, 3.8) is 0 Å². The molecule has 1 atom stereocenters. The van der Waals surface area contributed by atoms with E-state index < -0.39 is 0 Å². The second-order valence-electron chi connectivity index (χ2n) is 5.45. The first-order valence-corrected chi connectivity index (χ1v) is 8.54. The van der Waals surface area contributed by atoms with E-state index in [9.17, 15) is 4.79 Å². The van der Waals surface area contributed by atoms with Crippen molar-refractivity contribution in [3.05, 3.63) is 38.8 Å². The Balaban J connectivity index is 1.93. The minimum Gasteiger partial charge on any atom is -0.328 e. The average Bonchev–Trinajstić information content (AvgIpc) is 2.95. The van der Waals surface area contributed by atoms with Gasteiger partial charge in [0.05, 0.1) is 17.3 Å². The predicted octanol–water partition coefficient (Wildman–Crippen LogP) is 3.57. The van der Waals surface area contributed by atoms with E-state index >= 15 is 0 Å². The molecule has 7 heteroatoms. The molecule has 0 spiro atoms. The lowest BCUT2D eigenvalue weighted by atomic mass is 10.0. The normalized spacial score (nSPS) is 18.5. The zero-order chi connectivity index (χ0) is 15.7. The lowest BCUT2D eigenvalue weighted by Crippen LogP contribution is -2.39. The molecule has 3 rings (SSSR count). The fraction of sp³-hybridized carbons (Fsp3) is 0.467. The molecule has 2 aromatic heterocycles. The molecule has 1 unspecified atom stereocenters. The quantitative estimate of drug-likeness (QED) is 0.841. The van der Waals surface area contributed by atoms with Crippen LogP contribution in [0, 0.1) is 13.8 Å². The molecule has 116 valence electrons. The van der Waals surface area contributed by atoms with Gasteiger partial charge in [-0.2, -0.15) is 0 Å². The van der Waals surface area contributed by atoms with Gasteiger partial charge in [-0.3, -0.25) is 4.79 Å². The smallest absolute Gasteiger partial charge is 0.274 e. The molecular weight excluding hydrogens is 320 g/mol. The van der Waals surface area contributed by atoms with Gasteiger partial charge in [0.1, 0.15) is 10.8 Å². The van der Waals surface area contributed by atoms with E-state index in [-0.39, 0.29) is 17.6 Å². The molecule has 0 aliphatic carbocycles. The molecule has 1 aliphatic rings. The van der Waals surface area contributed by atoms with Gasteiger partial charge in [0, 0.05) is 17.6 Å². The third-order valence-electron chi connectivity index (χ3n) is 3.75. The van der Waals surface area contributed by atoms with E-state index in [2.05, 4.69) is 15.0 Å². The Morgan fingerprint density at radius 2 is 2.18 bits per heavy atom. The van der Waals surface area contributed by atoms with Crippen molar-refractivity contribution in [1.82, 2.24) is 19.9 Å². The standard InChI is InChI=1S/C15H17ClN4OS/c1-9-8-22-14(18-9)12-5-3-4-6-20(12)15(21)13-11(16)7-17-10(2)19-13/h7-8,12H,3-6H2,1-2H3. The summed E-state index contributed by atoms with van der Waals surface area (Å²) in [5.41, 5.74) is 1.28. The van der Waals surface area contributed by atoms with Crippen LogP contribution in [0.1, 0.15) is 52.3 Å². The van der Waals surface area contributed by atoms with Crippen LogP contribution in [0.2, 0.25) is 5.02 Å². The second-order valence-corrected chi connectivity index (χ2v) is 6.75. The third-order valence-corrected chi connectivity index (χ3v) is 5.09. The highest BCUT2D eigenvalue weighted by atomic mass is 35.5. The fourth-order valence-electron chi connectivity index (χ4n) is 2.70. The van der Waals surface area contributed by atoms with E-state index in [1.54, 1.807) is 18.3 Å². The van der Waals surface area contributed by atoms with Crippen LogP contribution in [-0.4, -0.2) is 32.3 Å². The number of aromatic nitrogens is 3. The third kappa shape index (κ3) is 2.98. The molecule has 0 radical (unpaired) electrons. The van der Waals surface area contributed by atoms with Crippen molar-refractivity contribution in [1.29, 1.82) is 0 Å². The summed E-state index contributed by atoms with van der Waals surface area (Å²) in [6.45, 7) is 4.44. The Kier molecular flexibility index (Phi) is 4.40. The molecule has 0 bridgehead atoms. The summed E-state index contributed by atoms with van der Waals surface area (Å²) < 4.78 is 0. The number of hydrogen-bond donors (Lipinski definition) is 0. The lowest BCUT2D eigenvalue weighted by molar-refractivity contribution is 0.0604. The highest BCUT2D eigenvalue weighted by Crippen LogP contribution is 2.34. The molecule has 3 heterocycles. The first-order chi connectivity index (χ1) is 10.6. The fourth-order valence-corrected chi connectivity index (χ4v) is 3.81. The van der Waals surface area contributed by atoms with Gasteiger partial charge in [0.25, 0.3) is 5.91 Å². The Morgan fingerprint density at radius 1 is 1.36 bits per heavy atom. The van der Waals surface area contributed by atoms with Gasteiger partial charge in [-0.05, 0) is 33.1 Å². The van der Waals surface area contributed by atoms with Crippen LogP contribution in [0.25, 0.3) is 0 Å². The first-order valence-electron chi connectivity index (χ1n) is 7.28. The van der Waals surface area contributed by atoms with Gasteiger partial charge >= 0.3 is 0 Å². The van der Waals surface area contributed by atoms with E-state index in [1.807, 2.05) is 17.2 Å². The molecule has 1 saturated heterocycles. The van der Waals surface area contributed by atoms with E-state index in [0.717, 1.165) is 30.0 Å². The molecule has 0 aromatic carbocycles. The van der Waals surface area contributed by atoms with Crippen LogP contribution in [0.4, 0.5) is 0 Å². The zero-order valence-electron chi connectivity index (χ0n) is 12.5. The summed E-state index contributed by atoms with van der Waals surface area (Å²) in [5, 5.41) is 3.32. The summed E-state index contributed by atoms with van der Waals surface area (Å²) in [6.07, 6.45) is 4.52. The summed E-state index contributed by atoms with van der Waals surface area (Å²) in [6, 6.07) is 0.0197. The van der Waals surface area contributed by atoms with Crippen molar-refractivity contribution in [3.8, 4) is 0 Å². The number of carbonyl (C=O) groups is 1. The highest BCUT2D eigenvalue weighted by molar-refractivity contribution is 7.09. The van der Waals surface area contributed by atoms with E-state index in [4.69, 9.17) is 11.6 Å². The average molecular weight is 337 g/mol. The van der Waals surface area contributed by atoms with Gasteiger partial charge < -0.3 is 4.90 Å². The molecule has 1 fully saturated rings. The first kappa shape index (κ1) is 15.4. The number of amides is 1. The van der Waals surface area contributed by atoms with Gasteiger partial charge in [0.2, 0.25) is 0 Å². The van der Waals surface area contributed by atoms with Crippen molar-refractivity contribution in [2.24, 2.45) is 0 Å². The Hall–Kier alpha value is -1.53. The number of carbonyl (C=O) groups excluding carboxylic acids is 1. The van der Waals surface area contributed by atoms with Crippen molar-refractivity contribution in [2.75, 3.05) is 6.54 Å². The molecule has 1 amide bonds. The van der Waals surface area contributed by atoms with Gasteiger partial charge in [-0.1, -0.05) is 11.6 Å². The maximum atomic E-state index is 12.9. The van der Waals surface area contributed by atoms with Crippen molar-refractivity contribution < 1.29 is 4.79 Å². The molecule has 0 N–H and O–H groups in total. The van der Waals surface area contributed by atoms with Gasteiger partial charge in [-0.25, -0.2) is 15.0 Å². The summed E-state index contributed by atoms with van der Waals surface area (Å²) >= 11 is 7.73. The second kappa shape index (κ2) is 6.30. The van der Waals surface area contributed by atoms with Gasteiger partial charge in [0.15, 0.2) is 5.69 Å². The zero-order valence-corrected chi connectivity index (χ0v) is 14.1. The van der Waals surface area contributed by atoms with E-state index in [0.29, 0.717) is 17.4 Å². The predicted molar refractivity (Wildman–Crippen MR) is 86.3 cm³/mol. The monoisotopic (exact) mass is 336 g/mol. The Labute approximate surface area is 138 Å². The molecular formula is C15H17ClN4OS. The number of rotatable bonds is 2. The van der Waals surface area contributed by atoms with E-state index in [1.165, 1.54) is 6.20 Å². The number of likely N-dealkylation sites (tertiary alicyclic amines) is 1. The van der Waals surface area contributed by atoms with Crippen molar-refractivity contribution in [2.45, 2.75) is 39.2 Å². The minimum absolute atomic E-state index is 0.0197. The largest absolute Gasteiger partial charge is 0.328 e. The topological polar surface area (TPSA) is 59.0 Å². The summed E-state index contributed by atoms with van der Waals surface area (Å²) in [5.74, 6) is 0.416. The van der Waals surface area contributed by atoms with Crippen LogP contribution in [-0.2, 0) is 0 Å². The van der Waals surface area contributed by atoms with Crippen LogP contribution in [0.5, 0.6) is 0 Å². The molecule has 5 nitrogen and oxygen atoms in total. The van der Waals surface area contributed by atoms with Crippen LogP contribution in [0.15, 0.2) is 11.6 Å². The Bertz CT molecular complexity index is 703. The highest BCUT2D eigenvalue weighted by Gasteiger charge is 2.32. The number of nitrogens with zero attached hydrogens (tertiary/aromatic N) is 4. The van der Waals surface area contributed by atoms with Crippen molar-refractivity contribution >= 4 is 28.8 Å². The van der Waals surface area contributed by atoms with Crippen LogP contribution < -0.4 is 0 Å². The maximum absolute atomic E-state index is 12.9. The molecule has 1 aliphatic heterocycles. The molecule has 0 saturated carbocycles. The SMILES string of the molecule is Cc1csc(C2CCCCN2C(=O)c2nc(C)ncc2Cl)n1. The number of thiazole rings is 1. The molecule has 22 heavy (non-hydrogen) atoms. The number of halogens is 1. The van der Waals surface area contributed by atoms with Gasteiger partial charge in [-0.15, -0.1) is 11.3 Å². The van der Waals surface area contributed by atoms with Crippen LogP contribution >= 0.6 is 22.9 Å². The molecule has 2 aromatic rings. The number of aryl methyl sites for hydroxylation is 2. The number of hydrogen-bond acceptors (Lipinski definition) is 5. The van der Waals surface area contributed by atoms with Crippen LogP contribution in [0.3, 0.4) is 0 Å². The summed E-state index contributed by atoms with van der Waals surface area (Å²) in [7, 11) is 0. The maximum Gasteiger partial charge on any atom is 0.274 e. The lowest BCUT2D eigenvalue weighted by Gasteiger charge is -2.34. The Morgan fingerprint density at radius 3 is 2.91 bits per heavy atom.